The summed E-state index contributed by atoms with van der Waals surface area (Å²) in [6.45, 7) is 2.27. The van der Waals surface area contributed by atoms with Gasteiger partial charge in [-0.25, -0.2) is 9.18 Å². The van der Waals surface area contributed by atoms with Gasteiger partial charge in [0.15, 0.2) is 0 Å². The van der Waals surface area contributed by atoms with Gasteiger partial charge in [-0.2, -0.15) is 0 Å². The largest absolute Gasteiger partial charge is 0.478 e. The number of carboxylic acids is 1. The van der Waals surface area contributed by atoms with Crippen LogP contribution in [0.4, 0.5) is 10.1 Å². The summed E-state index contributed by atoms with van der Waals surface area (Å²) in [5.74, 6) is -2.04. The first-order valence-corrected chi connectivity index (χ1v) is 5.75. The van der Waals surface area contributed by atoms with E-state index in [2.05, 4.69) is 10.3 Å². The van der Waals surface area contributed by atoms with Crippen molar-refractivity contribution in [2.75, 3.05) is 5.32 Å². The van der Waals surface area contributed by atoms with Crippen LogP contribution < -0.4 is 5.32 Å². The molecule has 0 fully saturated rings. The van der Waals surface area contributed by atoms with E-state index in [-0.39, 0.29) is 11.3 Å². The summed E-state index contributed by atoms with van der Waals surface area (Å²) >= 11 is 0. The third-order valence-corrected chi connectivity index (χ3v) is 2.68. The lowest BCUT2D eigenvalue weighted by molar-refractivity contribution is 0.0693. The van der Waals surface area contributed by atoms with Gasteiger partial charge >= 0.3 is 5.97 Å². The third-order valence-electron chi connectivity index (χ3n) is 2.68. The highest BCUT2D eigenvalue weighted by molar-refractivity contribution is 5.94. The van der Waals surface area contributed by atoms with Crippen LogP contribution >= 0.6 is 0 Å². The second-order valence-electron chi connectivity index (χ2n) is 4.13. The smallest absolute Gasteiger partial charge is 0.340 e. The van der Waals surface area contributed by atoms with E-state index in [9.17, 15) is 9.18 Å². The van der Waals surface area contributed by atoms with Crippen LogP contribution in [-0.4, -0.2) is 16.1 Å². The molecule has 2 aromatic rings. The van der Waals surface area contributed by atoms with Gasteiger partial charge in [0.1, 0.15) is 11.4 Å². The number of aromatic nitrogens is 1. The van der Waals surface area contributed by atoms with Crippen molar-refractivity contribution in [2.24, 2.45) is 0 Å². The molecule has 1 aromatic heterocycles. The molecule has 0 unspecified atom stereocenters. The molecule has 2 N–H and O–H groups in total. The van der Waals surface area contributed by atoms with Gasteiger partial charge in [0, 0.05) is 18.4 Å². The SMILES string of the molecule is Cc1ccc(CNc2cccc(F)c2C(=O)O)cn1. The fraction of sp³-hybridized carbons (Fsp3) is 0.143. The van der Waals surface area contributed by atoms with Crippen molar-refractivity contribution in [3.8, 4) is 0 Å². The Morgan fingerprint density at radius 1 is 1.37 bits per heavy atom. The fourth-order valence-corrected chi connectivity index (χ4v) is 1.69. The number of halogens is 1. The van der Waals surface area contributed by atoms with E-state index in [1.807, 2.05) is 19.1 Å². The topological polar surface area (TPSA) is 62.2 Å². The van der Waals surface area contributed by atoms with E-state index in [0.29, 0.717) is 6.54 Å². The Hall–Kier alpha value is -2.43. The van der Waals surface area contributed by atoms with E-state index in [1.54, 1.807) is 6.20 Å². The Kier molecular flexibility index (Phi) is 3.75. The number of nitrogens with one attached hydrogen (secondary N) is 1. The van der Waals surface area contributed by atoms with Crippen molar-refractivity contribution in [1.29, 1.82) is 0 Å². The Labute approximate surface area is 109 Å². The molecule has 0 spiro atoms. The minimum atomic E-state index is -1.29. The van der Waals surface area contributed by atoms with Crippen molar-refractivity contribution in [1.82, 2.24) is 4.98 Å². The van der Waals surface area contributed by atoms with Gasteiger partial charge in [-0.05, 0) is 30.7 Å². The van der Waals surface area contributed by atoms with Crippen LogP contribution in [0.15, 0.2) is 36.5 Å². The average molecular weight is 260 g/mol. The summed E-state index contributed by atoms with van der Waals surface area (Å²) in [6, 6.07) is 7.88. The Balaban J connectivity index is 2.18. The number of aromatic carboxylic acids is 1. The number of carbonyl (C=O) groups is 1. The predicted octanol–water partition coefficient (Wildman–Crippen LogP) is 2.84. The lowest BCUT2D eigenvalue weighted by Crippen LogP contribution is -2.08. The average Bonchev–Trinajstić information content (AvgIpc) is 2.37. The molecule has 4 nitrogen and oxygen atoms in total. The normalized spacial score (nSPS) is 10.2. The first kappa shape index (κ1) is 13.0. The maximum atomic E-state index is 13.4. The molecule has 1 aromatic carbocycles. The molecular weight excluding hydrogens is 247 g/mol. The molecule has 0 amide bonds. The molecule has 19 heavy (non-hydrogen) atoms. The second-order valence-corrected chi connectivity index (χ2v) is 4.13. The lowest BCUT2D eigenvalue weighted by atomic mass is 10.1. The fourth-order valence-electron chi connectivity index (χ4n) is 1.69. The Morgan fingerprint density at radius 3 is 2.79 bits per heavy atom. The zero-order chi connectivity index (χ0) is 13.8. The number of carboxylic acid groups (broad SMARTS) is 1. The van der Waals surface area contributed by atoms with E-state index in [1.165, 1.54) is 12.1 Å². The monoisotopic (exact) mass is 260 g/mol. The quantitative estimate of drug-likeness (QED) is 0.887. The van der Waals surface area contributed by atoms with Crippen LogP contribution in [0.5, 0.6) is 0 Å². The van der Waals surface area contributed by atoms with Gasteiger partial charge in [0.2, 0.25) is 0 Å². The number of aryl methyl sites for hydroxylation is 1. The van der Waals surface area contributed by atoms with Gasteiger partial charge in [0.25, 0.3) is 0 Å². The summed E-state index contributed by atoms with van der Waals surface area (Å²) in [6.07, 6.45) is 1.70. The molecule has 0 atom stereocenters. The minimum absolute atomic E-state index is 0.257. The number of anilines is 1. The number of nitrogens with zero attached hydrogens (tertiary/aromatic N) is 1. The van der Waals surface area contributed by atoms with Gasteiger partial charge in [-0.15, -0.1) is 0 Å². The van der Waals surface area contributed by atoms with Crippen molar-refractivity contribution in [2.45, 2.75) is 13.5 Å². The summed E-state index contributed by atoms with van der Waals surface area (Å²) in [4.78, 5) is 15.1. The molecule has 98 valence electrons. The van der Waals surface area contributed by atoms with Crippen molar-refractivity contribution >= 4 is 11.7 Å². The molecule has 5 heteroatoms. The van der Waals surface area contributed by atoms with E-state index < -0.39 is 11.8 Å². The number of hydrogen-bond donors (Lipinski definition) is 2. The Bertz CT molecular complexity index is 597. The molecule has 1 heterocycles. The van der Waals surface area contributed by atoms with Crippen LogP contribution in [0, 0.1) is 12.7 Å². The highest BCUT2D eigenvalue weighted by atomic mass is 19.1. The zero-order valence-electron chi connectivity index (χ0n) is 10.4. The number of rotatable bonds is 4. The van der Waals surface area contributed by atoms with Crippen LogP contribution in [0.3, 0.4) is 0 Å². The van der Waals surface area contributed by atoms with Gasteiger partial charge in [-0.1, -0.05) is 12.1 Å². The van der Waals surface area contributed by atoms with Crippen molar-refractivity contribution < 1.29 is 14.3 Å². The summed E-state index contributed by atoms with van der Waals surface area (Å²) in [5, 5.41) is 11.9. The van der Waals surface area contributed by atoms with Crippen LogP contribution in [-0.2, 0) is 6.54 Å². The van der Waals surface area contributed by atoms with E-state index in [4.69, 9.17) is 5.11 Å². The van der Waals surface area contributed by atoms with Gasteiger partial charge in [-0.3, -0.25) is 4.98 Å². The lowest BCUT2D eigenvalue weighted by Gasteiger charge is -2.10. The highest BCUT2D eigenvalue weighted by Crippen LogP contribution is 2.19. The van der Waals surface area contributed by atoms with Crippen molar-refractivity contribution in [3.05, 3.63) is 59.2 Å². The van der Waals surface area contributed by atoms with Crippen LogP contribution in [0.2, 0.25) is 0 Å². The highest BCUT2D eigenvalue weighted by Gasteiger charge is 2.15. The van der Waals surface area contributed by atoms with Gasteiger partial charge < -0.3 is 10.4 Å². The van der Waals surface area contributed by atoms with Gasteiger partial charge in [0.05, 0.1) is 5.69 Å². The second kappa shape index (κ2) is 5.48. The van der Waals surface area contributed by atoms with E-state index in [0.717, 1.165) is 17.3 Å². The zero-order valence-corrected chi connectivity index (χ0v) is 10.4. The summed E-state index contributed by atoms with van der Waals surface area (Å²) in [5.41, 5.74) is 1.71. The van der Waals surface area contributed by atoms with E-state index >= 15 is 0 Å². The summed E-state index contributed by atoms with van der Waals surface area (Å²) in [7, 11) is 0. The Morgan fingerprint density at radius 2 is 2.16 bits per heavy atom. The first-order valence-electron chi connectivity index (χ1n) is 5.75. The number of benzene rings is 1. The predicted molar refractivity (Wildman–Crippen MR) is 69.7 cm³/mol. The molecule has 0 saturated heterocycles. The minimum Gasteiger partial charge on any atom is -0.478 e. The molecule has 0 aliphatic carbocycles. The maximum Gasteiger partial charge on any atom is 0.340 e. The van der Waals surface area contributed by atoms with Crippen LogP contribution in [0.25, 0.3) is 0 Å². The van der Waals surface area contributed by atoms with Crippen LogP contribution in [0.1, 0.15) is 21.6 Å². The number of hydrogen-bond acceptors (Lipinski definition) is 3. The molecule has 0 saturated carbocycles. The number of pyridine rings is 1. The molecule has 2 rings (SSSR count). The molecule has 0 aliphatic heterocycles. The standard InChI is InChI=1S/C14H13FN2O2/c1-9-5-6-10(7-16-9)8-17-12-4-2-3-11(15)13(12)14(18)19/h2-7,17H,8H2,1H3,(H,18,19). The third kappa shape index (κ3) is 3.07. The summed E-state index contributed by atoms with van der Waals surface area (Å²) < 4.78 is 13.4. The maximum absolute atomic E-state index is 13.4. The molecule has 0 aliphatic rings. The molecule has 0 bridgehead atoms. The first-order chi connectivity index (χ1) is 9.08. The van der Waals surface area contributed by atoms with Crippen molar-refractivity contribution in [3.63, 3.8) is 0 Å². The molecular formula is C14H13FN2O2. The molecule has 0 radical (unpaired) electrons.